The topological polar surface area (TPSA) is 89.8 Å². The number of anilines is 1. The van der Waals surface area contributed by atoms with Crippen molar-refractivity contribution in [2.45, 2.75) is 13.2 Å². The number of rotatable bonds is 9. The zero-order chi connectivity index (χ0) is 24.6. The van der Waals surface area contributed by atoms with E-state index in [1.165, 1.54) is 13.4 Å². The van der Waals surface area contributed by atoms with Gasteiger partial charge in [-0.2, -0.15) is 0 Å². The van der Waals surface area contributed by atoms with E-state index in [4.69, 9.17) is 25.5 Å². The fourth-order valence-corrected chi connectivity index (χ4v) is 3.44. The molecule has 8 heteroatoms. The fourth-order valence-electron chi connectivity index (χ4n) is 3.31. The molecule has 0 saturated carbocycles. The van der Waals surface area contributed by atoms with Crippen LogP contribution in [0.4, 0.5) is 5.69 Å². The molecule has 0 saturated heterocycles. The van der Waals surface area contributed by atoms with Crippen molar-refractivity contribution in [2.24, 2.45) is 0 Å². The molecular weight excluding hydrogens is 468 g/mol. The van der Waals surface area contributed by atoms with Gasteiger partial charge in [-0.25, -0.2) is 0 Å². The van der Waals surface area contributed by atoms with Crippen molar-refractivity contribution in [3.8, 4) is 11.5 Å². The predicted octanol–water partition coefficient (Wildman–Crippen LogP) is 5.70. The monoisotopic (exact) mass is 490 g/mol. The summed E-state index contributed by atoms with van der Waals surface area (Å²) in [5.74, 6) is 0.589. The van der Waals surface area contributed by atoms with Crippen LogP contribution in [0, 0.1) is 0 Å². The Hall–Kier alpha value is -4.23. The van der Waals surface area contributed by atoms with Crippen LogP contribution in [-0.2, 0) is 13.2 Å². The van der Waals surface area contributed by atoms with Gasteiger partial charge < -0.3 is 24.5 Å². The van der Waals surface area contributed by atoms with Gasteiger partial charge in [0.15, 0.2) is 17.3 Å². The maximum Gasteiger partial charge on any atom is 0.291 e. The SMILES string of the molecule is COc1cc(C(=O)NCc2cccc(NC(=O)c3ccco3)c2)ccc1OCc1ccc(Cl)cc1. The number of hydrogen-bond acceptors (Lipinski definition) is 5. The van der Waals surface area contributed by atoms with E-state index in [9.17, 15) is 9.59 Å². The molecule has 35 heavy (non-hydrogen) atoms. The first-order valence-corrected chi connectivity index (χ1v) is 11.2. The summed E-state index contributed by atoms with van der Waals surface area (Å²) in [7, 11) is 1.52. The molecule has 0 aliphatic heterocycles. The van der Waals surface area contributed by atoms with Crippen LogP contribution in [0.1, 0.15) is 32.0 Å². The van der Waals surface area contributed by atoms with Gasteiger partial charge in [0, 0.05) is 22.8 Å². The van der Waals surface area contributed by atoms with E-state index in [-0.39, 0.29) is 24.1 Å². The molecule has 0 atom stereocenters. The number of carbonyl (C=O) groups excluding carboxylic acids is 2. The van der Waals surface area contributed by atoms with E-state index in [1.54, 1.807) is 60.7 Å². The lowest BCUT2D eigenvalue weighted by molar-refractivity contribution is 0.0949. The third-order valence-corrected chi connectivity index (χ3v) is 5.37. The Bertz CT molecular complexity index is 1300. The molecule has 178 valence electrons. The second-order valence-electron chi connectivity index (χ2n) is 7.60. The average Bonchev–Trinajstić information content (AvgIpc) is 3.42. The van der Waals surface area contributed by atoms with E-state index in [0.717, 1.165) is 11.1 Å². The van der Waals surface area contributed by atoms with E-state index >= 15 is 0 Å². The molecule has 0 spiro atoms. The Kier molecular flexibility index (Phi) is 7.70. The maximum absolute atomic E-state index is 12.7. The number of hydrogen-bond donors (Lipinski definition) is 2. The molecule has 4 rings (SSSR count). The van der Waals surface area contributed by atoms with Gasteiger partial charge >= 0.3 is 0 Å². The quantitative estimate of drug-likeness (QED) is 0.314. The molecule has 7 nitrogen and oxygen atoms in total. The van der Waals surface area contributed by atoms with Crippen LogP contribution in [0.15, 0.2) is 89.5 Å². The molecule has 2 amide bonds. The van der Waals surface area contributed by atoms with E-state index < -0.39 is 0 Å². The summed E-state index contributed by atoms with van der Waals surface area (Å²) in [5.41, 5.74) is 2.82. The zero-order valence-electron chi connectivity index (χ0n) is 18.9. The minimum atomic E-state index is -0.346. The molecule has 0 radical (unpaired) electrons. The highest BCUT2D eigenvalue weighted by Gasteiger charge is 2.12. The molecule has 0 aliphatic carbocycles. The van der Waals surface area contributed by atoms with Crippen molar-refractivity contribution in [1.29, 1.82) is 0 Å². The summed E-state index contributed by atoms with van der Waals surface area (Å²) >= 11 is 5.92. The van der Waals surface area contributed by atoms with Crippen LogP contribution in [-0.4, -0.2) is 18.9 Å². The lowest BCUT2D eigenvalue weighted by Crippen LogP contribution is -2.23. The average molecular weight is 491 g/mol. The molecule has 0 bridgehead atoms. The highest BCUT2D eigenvalue weighted by Crippen LogP contribution is 2.29. The van der Waals surface area contributed by atoms with Crippen LogP contribution in [0.3, 0.4) is 0 Å². The van der Waals surface area contributed by atoms with Crippen molar-refractivity contribution in [3.63, 3.8) is 0 Å². The molecule has 4 aromatic rings. The maximum atomic E-state index is 12.7. The summed E-state index contributed by atoms with van der Waals surface area (Å²) in [4.78, 5) is 24.9. The van der Waals surface area contributed by atoms with Gasteiger partial charge in [-0.1, -0.05) is 35.9 Å². The Morgan fingerprint density at radius 3 is 2.46 bits per heavy atom. The van der Waals surface area contributed by atoms with Crippen molar-refractivity contribution in [2.75, 3.05) is 12.4 Å². The summed E-state index contributed by atoms with van der Waals surface area (Å²) < 4.78 is 16.4. The standard InChI is InChI=1S/C27H23ClN2O5/c1-33-25-15-20(9-12-23(25)35-17-18-7-10-21(28)11-8-18)26(31)29-16-19-4-2-5-22(14-19)30-27(32)24-6-3-13-34-24/h2-15H,16-17H2,1H3,(H,29,31)(H,30,32). The van der Waals surface area contributed by atoms with Crippen molar-refractivity contribution < 1.29 is 23.5 Å². The summed E-state index contributed by atoms with van der Waals surface area (Å²) in [6.45, 7) is 0.617. The van der Waals surface area contributed by atoms with E-state index in [0.29, 0.717) is 34.4 Å². The zero-order valence-corrected chi connectivity index (χ0v) is 19.7. The number of furan rings is 1. The van der Waals surface area contributed by atoms with Gasteiger partial charge in [0.25, 0.3) is 11.8 Å². The number of ether oxygens (including phenoxy) is 2. The molecule has 0 fully saturated rings. The van der Waals surface area contributed by atoms with Gasteiger partial charge in [-0.15, -0.1) is 0 Å². The van der Waals surface area contributed by atoms with E-state index in [2.05, 4.69) is 10.6 Å². The molecule has 0 unspecified atom stereocenters. The molecule has 3 aromatic carbocycles. The van der Waals surface area contributed by atoms with Gasteiger partial charge in [0.1, 0.15) is 6.61 Å². The van der Waals surface area contributed by atoms with Crippen molar-refractivity contribution in [1.82, 2.24) is 5.32 Å². The second-order valence-corrected chi connectivity index (χ2v) is 8.03. The Labute approximate surface area is 207 Å². The smallest absolute Gasteiger partial charge is 0.291 e. The number of amides is 2. The number of methoxy groups -OCH3 is 1. The van der Waals surface area contributed by atoms with Gasteiger partial charge in [-0.3, -0.25) is 9.59 Å². The van der Waals surface area contributed by atoms with Crippen LogP contribution < -0.4 is 20.1 Å². The van der Waals surface area contributed by atoms with Crippen LogP contribution >= 0.6 is 11.6 Å². The van der Waals surface area contributed by atoms with Crippen LogP contribution in [0.2, 0.25) is 5.02 Å². The summed E-state index contributed by atoms with van der Waals surface area (Å²) in [5, 5.41) is 6.31. The Balaban J connectivity index is 1.35. The second kappa shape index (κ2) is 11.3. The fraction of sp³-hybridized carbons (Fsp3) is 0.111. The van der Waals surface area contributed by atoms with Crippen molar-refractivity contribution in [3.05, 3.63) is 113 Å². The number of carbonyl (C=O) groups is 2. The van der Waals surface area contributed by atoms with Gasteiger partial charge in [-0.05, 0) is 65.7 Å². The van der Waals surface area contributed by atoms with Crippen molar-refractivity contribution >= 4 is 29.1 Å². The highest BCUT2D eigenvalue weighted by molar-refractivity contribution is 6.30. The molecule has 1 aromatic heterocycles. The third-order valence-electron chi connectivity index (χ3n) is 5.12. The van der Waals surface area contributed by atoms with Crippen LogP contribution in [0.5, 0.6) is 11.5 Å². The Morgan fingerprint density at radius 1 is 0.886 bits per heavy atom. The lowest BCUT2D eigenvalue weighted by atomic mass is 10.1. The normalized spacial score (nSPS) is 10.5. The first-order valence-electron chi connectivity index (χ1n) is 10.8. The molecule has 2 N–H and O–H groups in total. The Morgan fingerprint density at radius 2 is 1.71 bits per heavy atom. The number of halogens is 1. The largest absolute Gasteiger partial charge is 0.493 e. The lowest BCUT2D eigenvalue weighted by Gasteiger charge is -2.13. The third kappa shape index (κ3) is 6.43. The summed E-state index contributed by atoms with van der Waals surface area (Å²) in [6.07, 6.45) is 1.44. The first-order chi connectivity index (χ1) is 17.0. The summed E-state index contributed by atoms with van der Waals surface area (Å²) in [6, 6.07) is 22.8. The van der Waals surface area contributed by atoms with Gasteiger partial charge in [0.05, 0.1) is 13.4 Å². The molecule has 1 heterocycles. The number of benzene rings is 3. The minimum Gasteiger partial charge on any atom is -0.493 e. The van der Waals surface area contributed by atoms with Crippen LogP contribution in [0.25, 0.3) is 0 Å². The molecular formula is C27H23ClN2O5. The first kappa shape index (κ1) is 23.9. The highest BCUT2D eigenvalue weighted by atomic mass is 35.5. The number of nitrogens with one attached hydrogen (secondary N) is 2. The van der Waals surface area contributed by atoms with E-state index in [1.807, 2.05) is 18.2 Å². The predicted molar refractivity (Wildman–Crippen MR) is 133 cm³/mol. The van der Waals surface area contributed by atoms with Gasteiger partial charge in [0.2, 0.25) is 0 Å². The molecule has 0 aliphatic rings. The minimum absolute atomic E-state index is 0.221.